The molecule has 142 valence electrons. The van der Waals surface area contributed by atoms with Crippen molar-refractivity contribution in [1.29, 1.82) is 0 Å². The van der Waals surface area contributed by atoms with E-state index in [1.165, 1.54) is 0 Å². The fourth-order valence-electron chi connectivity index (χ4n) is 1.29. The molecule has 0 spiro atoms. The Bertz CT molecular complexity index is 433. The first-order valence-electron chi connectivity index (χ1n) is 7.48. The van der Waals surface area contributed by atoms with Gasteiger partial charge >= 0.3 is 41.5 Å². The molecular weight excluding hydrogens is 370 g/mol. The maximum atomic E-state index is 11.5. The summed E-state index contributed by atoms with van der Waals surface area (Å²) in [6.45, 7) is 1.01. The zero-order valence-electron chi connectivity index (χ0n) is 14.7. The molecule has 2 N–H and O–H groups in total. The van der Waals surface area contributed by atoms with Crippen molar-refractivity contribution in [2.24, 2.45) is 0 Å². The second-order valence-electron chi connectivity index (χ2n) is 4.77. The van der Waals surface area contributed by atoms with Crippen molar-refractivity contribution in [3.63, 3.8) is 0 Å². The summed E-state index contributed by atoms with van der Waals surface area (Å²) in [6.07, 6.45) is -1.73. The first-order chi connectivity index (χ1) is 11.2. The van der Waals surface area contributed by atoms with E-state index < -0.39 is 51.8 Å². The van der Waals surface area contributed by atoms with Crippen molar-refractivity contribution in [3.8, 4) is 0 Å². The predicted molar refractivity (Wildman–Crippen MR) is 78.6 cm³/mol. The maximum Gasteiger partial charge on any atom is 1.00 e. The van der Waals surface area contributed by atoms with Crippen molar-refractivity contribution in [1.82, 2.24) is 0 Å². The molecule has 0 aliphatic carbocycles. The summed E-state index contributed by atoms with van der Waals surface area (Å²) in [4.78, 5) is 34.1. The zero-order chi connectivity index (χ0) is 18.6. The van der Waals surface area contributed by atoms with Gasteiger partial charge in [0.05, 0.1) is 19.8 Å². The van der Waals surface area contributed by atoms with Crippen LogP contribution < -0.4 is 34.5 Å². The Kier molecular flexibility index (Phi) is 16.4. The van der Waals surface area contributed by atoms with Crippen LogP contribution in [0.4, 0.5) is 0 Å². The van der Waals surface area contributed by atoms with Crippen LogP contribution in [0, 0.1) is 0 Å². The summed E-state index contributed by atoms with van der Waals surface area (Å²) < 4.78 is 30.2. The molecule has 2 unspecified atom stereocenters. The summed E-state index contributed by atoms with van der Waals surface area (Å²) in [5.74, 6) is -1.13. The van der Waals surface area contributed by atoms with Crippen LogP contribution in [-0.2, 0) is 32.7 Å². The third-order valence-electron chi connectivity index (χ3n) is 2.53. The molecule has 25 heavy (non-hydrogen) atoms. The Morgan fingerprint density at radius 2 is 1.72 bits per heavy atom. The van der Waals surface area contributed by atoms with Crippen LogP contribution in [0.5, 0.6) is 0 Å². The Morgan fingerprint density at radius 1 is 1.12 bits per heavy atom. The smallest absolute Gasteiger partial charge is 0.756 e. The van der Waals surface area contributed by atoms with E-state index in [-0.39, 0.29) is 49.0 Å². The molecule has 0 aromatic heterocycles. The molecule has 0 fully saturated rings. The van der Waals surface area contributed by atoms with E-state index in [4.69, 9.17) is 19.7 Å². The number of carbonyl (C=O) groups is 2. The third-order valence-corrected chi connectivity index (χ3v) is 3.46. The Labute approximate surface area is 168 Å². The molecule has 0 saturated heterocycles. The molecule has 0 aliphatic heterocycles. The molecule has 3 atom stereocenters. The third kappa shape index (κ3) is 14.8. The van der Waals surface area contributed by atoms with E-state index in [1.54, 1.807) is 13.8 Å². The first kappa shape index (κ1) is 27.2. The number of phosphoric acid groups is 1. The number of ether oxygens (including phenoxy) is 2. The van der Waals surface area contributed by atoms with Crippen LogP contribution in [0.25, 0.3) is 0 Å². The zero-order valence-corrected chi connectivity index (χ0v) is 17.6. The Hall–Kier alpha value is -0.0300. The van der Waals surface area contributed by atoms with Gasteiger partial charge in [-0.25, -0.2) is 0 Å². The van der Waals surface area contributed by atoms with Crippen molar-refractivity contribution in [2.45, 2.75) is 45.3 Å². The van der Waals surface area contributed by atoms with Gasteiger partial charge in [-0.2, -0.15) is 0 Å². The fourth-order valence-corrected chi connectivity index (χ4v) is 2.07. The van der Waals surface area contributed by atoms with Gasteiger partial charge in [0.1, 0.15) is 12.7 Å². The number of aliphatic hydroxyl groups is 2. The monoisotopic (exact) mass is 394 g/mol. The molecule has 0 rings (SSSR count). The topological polar surface area (TPSA) is 152 Å². The summed E-state index contributed by atoms with van der Waals surface area (Å²) in [5, 5.41) is 17.6. The van der Waals surface area contributed by atoms with Crippen LogP contribution in [0.1, 0.15) is 33.1 Å². The van der Waals surface area contributed by atoms with Gasteiger partial charge in [0.2, 0.25) is 0 Å². The van der Waals surface area contributed by atoms with E-state index in [0.717, 1.165) is 0 Å². The molecule has 10 nitrogen and oxygen atoms in total. The molecule has 0 aromatic rings. The van der Waals surface area contributed by atoms with Crippen LogP contribution in [0.2, 0.25) is 0 Å². The van der Waals surface area contributed by atoms with Gasteiger partial charge in [0.15, 0.2) is 6.10 Å². The van der Waals surface area contributed by atoms with E-state index in [9.17, 15) is 19.0 Å². The van der Waals surface area contributed by atoms with Gasteiger partial charge in [-0.1, -0.05) is 13.8 Å². The average molecular weight is 394 g/mol. The first-order valence-corrected chi connectivity index (χ1v) is 8.94. The quantitative estimate of drug-likeness (QED) is 0.183. The minimum atomic E-state index is -4.78. The van der Waals surface area contributed by atoms with Crippen LogP contribution in [0.15, 0.2) is 0 Å². The molecule has 0 bridgehead atoms. The van der Waals surface area contributed by atoms with Gasteiger partial charge in [-0.3, -0.25) is 14.2 Å². The molecule has 0 aliphatic rings. The van der Waals surface area contributed by atoms with Crippen LogP contribution in [0.3, 0.4) is 0 Å². The minimum Gasteiger partial charge on any atom is -0.756 e. The molecule has 0 aromatic carbocycles. The van der Waals surface area contributed by atoms with Gasteiger partial charge in [-0.05, 0) is 6.42 Å². The largest absolute Gasteiger partial charge is 1.00 e. The number of aliphatic hydroxyl groups excluding tert-OH is 2. The van der Waals surface area contributed by atoms with Gasteiger partial charge in [-0.15, -0.1) is 0 Å². The van der Waals surface area contributed by atoms with E-state index >= 15 is 0 Å². The standard InChI is InChI=1S/C13H25O10P.Na/c1-3-5-13(17)23-11(8-20-12(16)4-2)9-22-24(18,19)21-7-10(15)6-14;/h10-11,14-15H,3-9H2,1-2H3,(H,18,19);/q;+1/p-1/t10?,11-;/m1./s1. The van der Waals surface area contributed by atoms with E-state index in [2.05, 4.69) is 9.05 Å². The van der Waals surface area contributed by atoms with Gasteiger partial charge in [0.25, 0.3) is 7.82 Å². The van der Waals surface area contributed by atoms with Crippen molar-refractivity contribution >= 4 is 19.8 Å². The second kappa shape index (κ2) is 15.1. The van der Waals surface area contributed by atoms with Gasteiger partial charge in [0, 0.05) is 12.8 Å². The summed E-state index contributed by atoms with van der Waals surface area (Å²) in [5.41, 5.74) is 0. The number of esters is 2. The van der Waals surface area contributed by atoms with Crippen LogP contribution in [-0.4, -0.2) is 60.8 Å². The summed E-state index contributed by atoms with van der Waals surface area (Å²) in [7, 11) is -4.78. The molecule has 0 heterocycles. The predicted octanol–water partition coefficient (Wildman–Crippen LogP) is -3.49. The maximum absolute atomic E-state index is 11.5. The van der Waals surface area contributed by atoms with Gasteiger partial charge < -0.3 is 33.6 Å². The molecule has 12 heteroatoms. The van der Waals surface area contributed by atoms with Crippen molar-refractivity contribution in [2.75, 3.05) is 26.4 Å². The van der Waals surface area contributed by atoms with Crippen molar-refractivity contribution in [3.05, 3.63) is 0 Å². The normalized spacial score (nSPS) is 15.4. The minimum absolute atomic E-state index is 0. The number of rotatable bonds is 13. The van der Waals surface area contributed by atoms with E-state index in [1.807, 2.05) is 0 Å². The number of hydrogen-bond acceptors (Lipinski definition) is 10. The SMILES string of the molecule is CCCC(=O)O[C@H](COC(=O)CC)COP(=O)([O-])OCC(O)CO.[Na+]. The average Bonchev–Trinajstić information content (AvgIpc) is 2.55. The Balaban J connectivity index is 0. The van der Waals surface area contributed by atoms with E-state index in [0.29, 0.717) is 6.42 Å². The van der Waals surface area contributed by atoms with Crippen molar-refractivity contribution < 1.29 is 77.3 Å². The molecular formula is C13H24NaO10P. The summed E-state index contributed by atoms with van der Waals surface area (Å²) in [6, 6.07) is 0. The summed E-state index contributed by atoms with van der Waals surface area (Å²) >= 11 is 0. The Morgan fingerprint density at radius 3 is 2.24 bits per heavy atom. The second-order valence-corrected chi connectivity index (χ2v) is 6.18. The fraction of sp³-hybridized carbons (Fsp3) is 0.846. The number of carbonyl (C=O) groups excluding carboxylic acids is 2. The molecule has 0 radical (unpaired) electrons. The number of hydrogen-bond donors (Lipinski definition) is 2. The van der Waals surface area contributed by atoms with Crippen LogP contribution >= 0.6 is 7.82 Å². The molecule has 0 saturated carbocycles. The number of phosphoric ester groups is 1. The molecule has 0 amide bonds.